The zero-order valence-electron chi connectivity index (χ0n) is 7.70. The third kappa shape index (κ3) is 2.23. The van der Waals surface area contributed by atoms with E-state index in [1.165, 1.54) is 12.1 Å². The second-order valence-electron chi connectivity index (χ2n) is 3.07. The molecule has 4 nitrogen and oxygen atoms in total. The fourth-order valence-corrected chi connectivity index (χ4v) is 2.39. The molecule has 1 aromatic carbocycles. The monoisotopic (exact) mass is 268 g/mol. The summed E-state index contributed by atoms with van der Waals surface area (Å²) in [6.07, 6.45) is 1.55. The van der Waals surface area contributed by atoms with Crippen molar-refractivity contribution in [3.05, 3.63) is 42.7 Å². The molecule has 0 atom stereocenters. The van der Waals surface area contributed by atoms with Gasteiger partial charge in [0.2, 0.25) is 0 Å². The predicted octanol–water partition coefficient (Wildman–Crippen LogP) is 0.508. The van der Waals surface area contributed by atoms with E-state index in [1.54, 1.807) is 30.5 Å². The van der Waals surface area contributed by atoms with Crippen LogP contribution < -0.4 is 4.35 Å². The molecule has 78 valence electrons. The van der Waals surface area contributed by atoms with Crippen LogP contribution in [0.3, 0.4) is 0 Å². The summed E-state index contributed by atoms with van der Waals surface area (Å²) in [5.41, 5.74) is 0.799. The van der Waals surface area contributed by atoms with E-state index < -0.39 is 14.2 Å². The average Bonchev–Trinajstić information content (AvgIpc) is 2.69. The van der Waals surface area contributed by atoms with Crippen molar-refractivity contribution in [3.8, 4) is 11.3 Å². The van der Waals surface area contributed by atoms with Gasteiger partial charge < -0.3 is 0 Å². The van der Waals surface area contributed by atoms with Gasteiger partial charge in [-0.15, -0.1) is 0 Å². The fraction of sp³-hybridized carbons (Fsp3) is 0. The van der Waals surface area contributed by atoms with Crippen LogP contribution in [0.5, 0.6) is 0 Å². The third-order valence-electron chi connectivity index (χ3n) is 2.01. The Hall–Kier alpha value is -1.22. The van der Waals surface area contributed by atoms with E-state index in [9.17, 15) is 3.74 Å². The summed E-state index contributed by atoms with van der Waals surface area (Å²) in [6.45, 7) is 0. The fourth-order valence-electron chi connectivity index (χ4n) is 1.26. The van der Waals surface area contributed by atoms with Gasteiger partial charge in [-0.2, -0.15) is 0 Å². The molecule has 0 amide bonds. The van der Waals surface area contributed by atoms with Crippen LogP contribution in [0.15, 0.2) is 47.1 Å². The Bertz CT molecular complexity index is 481. The second-order valence-corrected chi connectivity index (χ2v) is 6.43. The van der Waals surface area contributed by atoms with Gasteiger partial charge in [-0.3, -0.25) is 0 Å². The molecule has 0 aliphatic rings. The van der Waals surface area contributed by atoms with Gasteiger partial charge in [0.25, 0.3) is 0 Å². The average molecular weight is 268 g/mol. The Labute approximate surface area is 89.2 Å². The molecule has 0 fully saturated rings. The summed E-state index contributed by atoms with van der Waals surface area (Å²) in [5, 5.41) is 0. The van der Waals surface area contributed by atoms with Crippen LogP contribution in [-0.4, -0.2) is 22.4 Å². The number of hydrogen-bond acceptors (Lipinski definition) is 2. The van der Waals surface area contributed by atoms with Crippen molar-refractivity contribution in [1.82, 2.24) is 0 Å². The Morgan fingerprint density at radius 3 is 2.20 bits per heavy atom. The summed E-state index contributed by atoms with van der Waals surface area (Å²) in [4.78, 5) is 0. The van der Waals surface area contributed by atoms with E-state index in [0.29, 0.717) is 5.76 Å². The van der Waals surface area contributed by atoms with Crippen molar-refractivity contribution in [3.63, 3.8) is 0 Å². The number of rotatable bonds is 2. The molecule has 0 aliphatic carbocycles. The summed E-state index contributed by atoms with van der Waals surface area (Å²) in [6, 6.07) is 9.67. The minimum absolute atomic E-state index is 0.0726. The van der Waals surface area contributed by atoms with Crippen LogP contribution in [0.1, 0.15) is 0 Å². The molecule has 5 heteroatoms. The zero-order valence-corrected chi connectivity index (χ0v) is 9.58. The Balaban J connectivity index is 2.37. The van der Waals surface area contributed by atoms with E-state index in [2.05, 4.69) is 0 Å². The topological polar surface area (TPSA) is 70.7 Å². The van der Waals surface area contributed by atoms with Crippen molar-refractivity contribution in [2.24, 2.45) is 0 Å². The van der Waals surface area contributed by atoms with E-state index in [1.807, 2.05) is 0 Å². The molecule has 0 radical (unpaired) electrons. The summed E-state index contributed by atoms with van der Waals surface area (Å²) in [5.74, 6) is 0.680. The molecule has 0 saturated carbocycles. The Kier molecular flexibility index (Phi) is 2.57. The molecule has 1 aromatic heterocycles. The maximum absolute atomic E-state index is 11.0. The summed E-state index contributed by atoms with van der Waals surface area (Å²) >= 11 is -4.75. The first-order valence-corrected chi connectivity index (χ1v) is 7.66. The first-order valence-electron chi connectivity index (χ1n) is 4.27. The standard InChI is InChI=1S/C10H9AsO4/c12-11(13,14)9-5-3-8(4-6-9)10-2-1-7-15-10/h1-7H,(H2,12,13,14). The molecule has 2 N–H and O–H groups in total. The SMILES string of the molecule is O=[As](O)(O)c1ccc(-c2ccco2)cc1. The normalized spacial score (nSPS) is 11.6. The van der Waals surface area contributed by atoms with Gasteiger partial charge in [-0.25, -0.2) is 0 Å². The quantitative estimate of drug-likeness (QED) is 0.778. The molecule has 0 unspecified atom stereocenters. The zero-order chi connectivity index (χ0) is 10.9. The van der Waals surface area contributed by atoms with Gasteiger partial charge in [-0.05, 0) is 0 Å². The number of hydrogen-bond donors (Lipinski definition) is 2. The molecule has 0 aliphatic heterocycles. The third-order valence-corrected chi connectivity index (χ3v) is 4.05. The summed E-state index contributed by atoms with van der Waals surface area (Å²) in [7, 11) is 0. The van der Waals surface area contributed by atoms with Gasteiger partial charge in [0.05, 0.1) is 0 Å². The van der Waals surface area contributed by atoms with Crippen molar-refractivity contribution in [1.29, 1.82) is 0 Å². The molecule has 0 bridgehead atoms. The van der Waals surface area contributed by atoms with Crippen LogP contribution >= 0.6 is 0 Å². The molecular weight excluding hydrogens is 259 g/mol. The van der Waals surface area contributed by atoms with Gasteiger partial charge in [0, 0.05) is 0 Å². The molecular formula is C10H9AsO4. The molecule has 15 heavy (non-hydrogen) atoms. The van der Waals surface area contributed by atoms with Crippen molar-refractivity contribution in [2.45, 2.75) is 0 Å². The van der Waals surface area contributed by atoms with E-state index in [4.69, 9.17) is 12.6 Å². The van der Waals surface area contributed by atoms with Crippen molar-refractivity contribution >= 4 is 18.5 Å². The van der Waals surface area contributed by atoms with Crippen LogP contribution in [0.2, 0.25) is 0 Å². The van der Waals surface area contributed by atoms with E-state index >= 15 is 0 Å². The van der Waals surface area contributed by atoms with Crippen molar-refractivity contribution in [2.75, 3.05) is 0 Å². The van der Waals surface area contributed by atoms with Crippen LogP contribution in [0.4, 0.5) is 0 Å². The molecule has 2 rings (SSSR count). The second kappa shape index (κ2) is 3.74. The number of furan rings is 1. The maximum atomic E-state index is 11.0. The van der Waals surface area contributed by atoms with Crippen LogP contribution in [0.25, 0.3) is 11.3 Å². The number of benzene rings is 1. The molecule has 0 saturated heterocycles. The predicted molar refractivity (Wildman–Crippen MR) is 54.7 cm³/mol. The van der Waals surface area contributed by atoms with Gasteiger partial charge >= 0.3 is 88.9 Å². The van der Waals surface area contributed by atoms with Crippen LogP contribution in [0, 0.1) is 0 Å². The van der Waals surface area contributed by atoms with E-state index in [0.717, 1.165) is 5.56 Å². The van der Waals surface area contributed by atoms with Gasteiger partial charge in [-0.1, -0.05) is 0 Å². The Morgan fingerprint density at radius 1 is 1.07 bits per heavy atom. The first-order chi connectivity index (χ1) is 7.07. The van der Waals surface area contributed by atoms with Gasteiger partial charge in [0.1, 0.15) is 0 Å². The van der Waals surface area contributed by atoms with Crippen molar-refractivity contribution < 1.29 is 16.3 Å². The first kappa shape index (κ1) is 10.3. The molecule has 1 heterocycles. The molecule has 2 aromatic rings. The van der Waals surface area contributed by atoms with Crippen LogP contribution in [-0.2, 0) is 3.74 Å². The Morgan fingerprint density at radius 2 is 1.73 bits per heavy atom. The van der Waals surface area contributed by atoms with E-state index in [-0.39, 0.29) is 4.35 Å². The minimum atomic E-state index is -4.75. The van der Waals surface area contributed by atoms with Gasteiger partial charge in [0.15, 0.2) is 0 Å². The summed E-state index contributed by atoms with van der Waals surface area (Å²) < 4.78 is 34.1. The molecule has 0 spiro atoms.